The first-order valence-corrected chi connectivity index (χ1v) is 9.61. The molecule has 0 unspecified atom stereocenters. The van der Waals surface area contributed by atoms with Crippen molar-refractivity contribution in [1.29, 1.82) is 0 Å². The molecule has 3 aromatic rings. The number of aryl methyl sites for hydroxylation is 2. The van der Waals surface area contributed by atoms with Crippen molar-refractivity contribution in [2.45, 2.75) is 26.8 Å². The number of nitrogens with zero attached hydrogens (tertiary/aromatic N) is 5. The minimum Gasteiger partial charge on any atom is -0.353 e. The van der Waals surface area contributed by atoms with E-state index in [4.69, 9.17) is 4.98 Å². The van der Waals surface area contributed by atoms with Gasteiger partial charge in [-0.15, -0.1) is 11.3 Å². The molecule has 0 aromatic carbocycles. The highest BCUT2D eigenvalue weighted by molar-refractivity contribution is 7.18. The zero-order valence-corrected chi connectivity index (χ0v) is 16.0. The number of aromatic amines is 1. The van der Waals surface area contributed by atoms with E-state index in [2.05, 4.69) is 31.7 Å². The molecule has 0 spiro atoms. The number of hydrogen-bond donors (Lipinski definition) is 1. The molecule has 26 heavy (non-hydrogen) atoms. The topological polar surface area (TPSA) is 78.0 Å². The van der Waals surface area contributed by atoms with E-state index in [9.17, 15) is 4.79 Å². The Morgan fingerprint density at radius 2 is 1.96 bits per heavy atom. The molecule has 0 radical (unpaired) electrons. The Morgan fingerprint density at radius 3 is 2.65 bits per heavy atom. The minimum atomic E-state index is -0.0307. The van der Waals surface area contributed by atoms with Gasteiger partial charge < -0.3 is 9.88 Å². The molecular formula is C18H22N6OS. The first-order valence-electron chi connectivity index (χ1n) is 8.79. The molecule has 1 aliphatic rings. The van der Waals surface area contributed by atoms with Gasteiger partial charge in [0.2, 0.25) is 0 Å². The van der Waals surface area contributed by atoms with Crippen molar-refractivity contribution in [3.63, 3.8) is 0 Å². The summed E-state index contributed by atoms with van der Waals surface area (Å²) in [5.74, 6) is 1.66. The van der Waals surface area contributed by atoms with Gasteiger partial charge in [-0.2, -0.15) is 0 Å². The Kier molecular flexibility index (Phi) is 4.46. The van der Waals surface area contributed by atoms with Gasteiger partial charge in [0.25, 0.3) is 5.56 Å². The largest absolute Gasteiger partial charge is 0.353 e. The molecule has 3 aromatic heterocycles. The number of hydrogen-bond acceptors (Lipinski definition) is 7. The summed E-state index contributed by atoms with van der Waals surface area (Å²) in [5.41, 5.74) is 1.01. The number of aromatic nitrogens is 4. The summed E-state index contributed by atoms with van der Waals surface area (Å²) < 4.78 is 0. The SMILES string of the molecule is Cc1sc2nc([C@H](C)N3CCN(c4cnccn4)CC3)[nH]c(=O)c2c1C. The van der Waals surface area contributed by atoms with Crippen molar-refractivity contribution in [3.05, 3.63) is 45.2 Å². The highest BCUT2D eigenvalue weighted by Crippen LogP contribution is 2.27. The summed E-state index contributed by atoms with van der Waals surface area (Å²) in [7, 11) is 0. The Morgan fingerprint density at radius 1 is 1.19 bits per heavy atom. The average molecular weight is 370 g/mol. The van der Waals surface area contributed by atoms with E-state index < -0.39 is 0 Å². The molecule has 4 rings (SSSR count). The molecule has 1 atom stereocenters. The third-order valence-electron chi connectivity index (χ3n) is 5.19. The summed E-state index contributed by atoms with van der Waals surface area (Å²) in [5, 5.41) is 0.732. The second-order valence-corrected chi connectivity index (χ2v) is 7.88. The number of rotatable bonds is 3. The summed E-state index contributed by atoms with van der Waals surface area (Å²) in [6, 6.07) is 0.0684. The van der Waals surface area contributed by atoms with Crippen LogP contribution in [0.2, 0.25) is 0 Å². The quantitative estimate of drug-likeness (QED) is 0.762. The maximum atomic E-state index is 12.5. The molecule has 1 aliphatic heterocycles. The first-order chi connectivity index (χ1) is 12.5. The number of thiophene rings is 1. The van der Waals surface area contributed by atoms with Gasteiger partial charge in [-0.25, -0.2) is 9.97 Å². The molecular weight excluding hydrogens is 348 g/mol. The molecule has 0 saturated carbocycles. The number of anilines is 1. The molecule has 1 saturated heterocycles. The van der Waals surface area contributed by atoms with Gasteiger partial charge >= 0.3 is 0 Å². The lowest BCUT2D eigenvalue weighted by Gasteiger charge is -2.37. The normalized spacial score (nSPS) is 17.0. The van der Waals surface area contributed by atoms with Crippen molar-refractivity contribution < 1.29 is 0 Å². The molecule has 0 bridgehead atoms. The standard InChI is InChI=1S/C18H22N6OS/c1-11-13(3)26-18-15(11)17(25)21-16(22-18)12(2)23-6-8-24(9-7-23)14-10-19-4-5-20-14/h4-5,10,12H,6-9H2,1-3H3,(H,21,22,25)/t12-/m0/s1. The second-order valence-electron chi connectivity index (χ2n) is 6.68. The van der Waals surface area contributed by atoms with E-state index in [0.29, 0.717) is 0 Å². The fraction of sp³-hybridized carbons (Fsp3) is 0.444. The number of H-pyrrole nitrogens is 1. The fourth-order valence-corrected chi connectivity index (χ4v) is 4.47. The second kappa shape index (κ2) is 6.77. The first kappa shape index (κ1) is 17.1. The van der Waals surface area contributed by atoms with Gasteiger partial charge in [0.1, 0.15) is 16.5 Å². The van der Waals surface area contributed by atoms with E-state index in [-0.39, 0.29) is 11.6 Å². The average Bonchev–Trinajstić information content (AvgIpc) is 2.96. The molecule has 0 amide bonds. The van der Waals surface area contributed by atoms with Gasteiger partial charge in [-0.05, 0) is 26.3 Å². The smallest absolute Gasteiger partial charge is 0.259 e. The number of piperazine rings is 1. The molecule has 1 fully saturated rings. The van der Waals surface area contributed by atoms with Gasteiger partial charge in [0.05, 0.1) is 17.6 Å². The van der Waals surface area contributed by atoms with Crippen LogP contribution in [0.1, 0.15) is 29.2 Å². The predicted octanol–water partition coefficient (Wildman–Crippen LogP) is 2.27. The lowest BCUT2D eigenvalue weighted by molar-refractivity contribution is 0.191. The highest BCUT2D eigenvalue weighted by atomic mass is 32.1. The van der Waals surface area contributed by atoms with Crippen LogP contribution >= 0.6 is 11.3 Å². The van der Waals surface area contributed by atoms with Crippen molar-refractivity contribution in [2.24, 2.45) is 0 Å². The van der Waals surface area contributed by atoms with Crippen LogP contribution < -0.4 is 10.5 Å². The maximum Gasteiger partial charge on any atom is 0.259 e. The molecule has 4 heterocycles. The summed E-state index contributed by atoms with van der Waals surface area (Å²) in [6.45, 7) is 9.68. The van der Waals surface area contributed by atoms with Crippen LogP contribution in [0.4, 0.5) is 5.82 Å². The van der Waals surface area contributed by atoms with E-state index in [0.717, 1.165) is 58.5 Å². The summed E-state index contributed by atoms with van der Waals surface area (Å²) in [6.07, 6.45) is 5.21. The fourth-order valence-electron chi connectivity index (χ4n) is 3.43. The van der Waals surface area contributed by atoms with Crippen molar-refractivity contribution >= 4 is 27.4 Å². The van der Waals surface area contributed by atoms with E-state index in [1.165, 1.54) is 0 Å². The van der Waals surface area contributed by atoms with Crippen LogP contribution in [-0.4, -0.2) is 51.0 Å². The minimum absolute atomic E-state index is 0.0307. The Balaban J connectivity index is 1.53. The number of nitrogens with one attached hydrogen (secondary N) is 1. The predicted molar refractivity (Wildman–Crippen MR) is 104 cm³/mol. The Labute approximate surface area is 155 Å². The zero-order chi connectivity index (χ0) is 18.3. The maximum absolute atomic E-state index is 12.5. The van der Waals surface area contributed by atoms with Crippen LogP contribution in [0.5, 0.6) is 0 Å². The van der Waals surface area contributed by atoms with E-state index >= 15 is 0 Å². The van der Waals surface area contributed by atoms with Crippen LogP contribution in [-0.2, 0) is 0 Å². The van der Waals surface area contributed by atoms with Crippen LogP contribution in [0.25, 0.3) is 10.2 Å². The third-order valence-corrected chi connectivity index (χ3v) is 6.29. The lowest BCUT2D eigenvalue weighted by Crippen LogP contribution is -2.47. The van der Waals surface area contributed by atoms with Crippen molar-refractivity contribution in [3.8, 4) is 0 Å². The number of fused-ring (bicyclic) bond motifs is 1. The van der Waals surface area contributed by atoms with Crippen molar-refractivity contribution in [2.75, 3.05) is 31.1 Å². The van der Waals surface area contributed by atoms with Crippen LogP contribution in [0.15, 0.2) is 23.4 Å². The molecule has 1 N–H and O–H groups in total. The zero-order valence-electron chi connectivity index (χ0n) is 15.2. The van der Waals surface area contributed by atoms with E-state index in [1.54, 1.807) is 29.9 Å². The summed E-state index contributed by atoms with van der Waals surface area (Å²) in [4.78, 5) is 35.4. The van der Waals surface area contributed by atoms with E-state index in [1.807, 2.05) is 13.8 Å². The molecule has 0 aliphatic carbocycles. The Bertz CT molecular complexity index is 975. The lowest BCUT2D eigenvalue weighted by atomic mass is 10.2. The van der Waals surface area contributed by atoms with Crippen LogP contribution in [0, 0.1) is 13.8 Å². The monoisotopic (exact) mass is 370 g/mol. The van der Waals surface area contributed by atoms with Gasteiger partial charge in [-0.3, -0.25) is 14.7 Å². The van der Waals surface area contributed by atoms with Gasteiger partial charge in [0, 0.05) is 43.4 Å². The highest BCUT2D eigenvalue weighted by Gasteiger charge is 2.25. The molecule has 8 heteroatoms. The van der Waals surface area contributed by atoms with Gasteiger partial charge in [-0.1, -0.05) is 0 Å². The third kappa shape index (κ3) is 2.99. The van der Waals surface area contributed by atoms with Gasteiger partial charge in [0.15, 0.2) is 0 Å². The van der Waals surface area contributed by atoms with Crippen LogP contribution in [0.3, 0.4) is 0 Å². The van der Waals surface area contributed by atoms with Crippen molar-refractivity contribution in [1.82, 2.24) is 24.8 Å². The summed E-state index contributed by atoms with van der Waals surface area (Å²) >= 11 is 1.60. The molecule has 7 nitrogen and oxygen atoms in total. The molecule has 136 valence electrons. The Hall–Kier alpha value is -2.32.